The van der Waals surface area contributed by atoms with Crippen molar-refractivity contribution in [3.8, 4) is 11.5 Å². The first-order valence-corrected chi connectivity index (χ1v) is 7.79. The Bertz CT molecular complexity index is 1100. The van der Waals surface area contributed by atoms with Crippen LogP contribution in [0, 0.1) is 12.7 Å². The number of aryl methyl sites for hydroxylation is 1. The zero-order chi connectivity index (χ0) is 18.1. The Hall–Kier alpha value is -3.62. The van der Waals surface area contributed by atoms with Gasteiger partial charge in [-0.05, 0) is 31.2 Å². The molecule has 0 aliphatic heterocycles. The highest BCUT2D eigenvalue weighted by molar-refractivity contribution is 5.94. The monoisotopic (exact) mass is 352 g/mol. The summed E-state index contributed by atoms with van der Waals surface area (Å²) in [5.74, 6) is 0.234. The zero-order valence-electron chi connectivity index (χ0n) is 13.7. The molecule has 0 bridgehead atoms. The van der Waals surface area contributed by atoms with Crippen LogP contribution in [0.1, 0.15) is 22.0 Å². The van der Waals surface area contributed by atoms with Gasteiger partial charge in [0.05, 0.1) is 17.7 Å². The molecule has 3 aromatic heterocycles. The molecule has 1 aromatic carbocycles. The summed E-state index contributed by atoms with van der Waals surface area (Å²) in [5.41, 5.74) is 1.13. The number of nitrogens with zero attached hydrogens (tertiary/aromatic N) is 5. The van der Waals surface area contributed by atoms with E-state index in [9.17, 15) is 9.18 Å². The van der Waals surface area contributed by atoms with Crippen molar-refractivity contribution >= 4 is 11.6 Å². The van der Waals surface area contributed by atoms with Crippen LogP contribution in [0.3, 0.4) is 0 Å². The van der Waals surface area contributed by atoms with Gasteiger partial charge >= 0.3 is 0 Å². The maximum atomic E-state index is 13.7. The van der Waals surface area contributed by atoms with Gasteiger partial charge in [0.25, 0.3) is 11.8 Å². The minimum absolute atomic E-state index is 0.0247. The lowest BCUT2D eigenvalue weighted by Gasteiger charge is -2.05. The second-order valence-corrected chi connectivity index (χ2v) is 5.54. The van der Waals surface area contributed by atoms with E-state index in [0.29, 0.717) is 28.8 Å². The molecule has 0 saturated heterocycles. The molecule has 26 heavy (non-hydrogen) atoms. The molecular weight excluding hydrogens is 339 g/mol. The van der Waals surface area contributed by atoms with E-state index >= 15 is 0 Å². The van der Waals surface area contributed by atoms with Crippen LogP contribution < -0.4 is 5.32 Å². The van der Waals surface area contributed by atoms with Crippen LogP contribution >= 0.6 is 0 Å². The number of benzene rings is 1. The van der Waals surface area contributed by atoms with E-state index in [1.165, 1.54) is 18.2 Å². The van der Waals surface area contributed by atoms with Crippen molar-refractivity contribution in [2.45, 2.75) is 13.5 Å². The largest absolute Gasteiger partial charge is 0.345 e. The third-order valence-electron chi connectivity index (χ3n) is 3.79. The van der Waals surface area contributed by atoms with Gasteiger partial charge in [-0.3, -0.25) is 9.20 Å². The molecule has 0 unspecified atom stereocenters. The van der Waals surface area contributed by atoms with Crippen molar-refractivity contribution in [1.29, 1.82) is 0 Å². The van der Waals surface area contributed by atoms with Gasteiger partial charge in [-0.1, -0.05) is 17.3 Å². The normalized spacial score (nSPS) is 11.0. The Balaban J connectivity index is 1.60. The molecule has 0 aliphatic carbocycles. The Morgan fingerprint density at radius 1 is 1.23 bits per heavy atom. The first-order chi connectivity index (χ1) is 12.6. The molecule has 0 saturated carbocycles. The fourth-order valence-corrected chi connectivity index (χ4v) is 2.56. The van der Waals surface area contributed by atoms with Crippen molar-refractivity contribution in [2.75, 3.05) is 0 Å². The highest BCUT2D eigenvalue weighted by atomic mass is 19.1. The third-order valence-corrected chi connectivity index (χ3v) is 3.79. The Kier molecular flexibility index (Phi) is 3.88. The van der Waals surface area contributed by atoms with Crippen molar-refractivity contribution < 1.29 is 13.7 Å². The summed E-state index contributed by atoms with van der Waals surface area (Å²) in [6.45, 7) is 1.81. The van der Waals surface area contributed by atoms with E-state index in [4.69, 9.17) is 4.52 Å². The number of aromatic nitrogens is 5. The van der Waals surface area contributed by atoms with Crippen LogP contribution in [0.15, 0.2) is 47.1 Å². The molecule has 0 radical (unpaired) electrons. The van der Waals surface area contributed by atoms with Crippen LogP contribution in [-0.4, -0.2) is 30.6 Å². The molecule has 3 heterocycles. The van der Waals surface area contributed by atoms with Crippen molar-refractivity contribution in [3.05, 3.63) is 65.6 Å². The summed E-state index contributed by atoms with van der Waals surface area (Å²) >= 11 is 0. The van der Waals surface area contributed by atoms with Gasteiger partial charge in [0.2, 0.25) is 0 Å². The second kappa shape index (κ2) is 6.36. The van der Waals surface area contributed by atoms with Gasteiger partial charge in [0.15, 0.2) is 17.3 Å². The first kappa shape index (κ1) is 15.9. The number of hydrogen-bond acceptors (Lipinski definition) is 6. The molecule has 130 valence electrons. The molecule has 0 atom stereocenters. The SMILES string of the molecule is Cc1noc(-c2cccn3c(CNC(=O)c4ccccc4F)nnc23)n1. The van der Waals surface area contributed by atoms with Crippen LogP contribution in [0.5, 0.6) is 0 Å². The lowest BCUT2D eigenvalue weighted by Crippen LogP contribution is -2.24. The maximum Gasteiger partial charge on any atom is 0.261 e. The van der Waals surface area contributed by atoms with Crippen molar-refractivity contribution in [1.82, 2.24) is 30.1 Å². The molecular formula is C17H13FN6O2. The summed E-state index contributed by atoms with van der Waals surface area (Å²) in [5, 5.41) is 14.6. The lowest BCUT2D eigenvalue weighted by molar-refractivity contribution is 0.0945. The zero-order valence-corrected chi connectivity index (χ0v) is 13.7. The average molecular weight is 352 g/mol. The number of pyridine rings is 1. The fraction of sp³-hybridized carbons (Fsp3) is 0.118. The molecule has 0 spiro atoms. The molecule has 0 fully saturated rings. The number of rotatable bonds is 4. The molecule has 9 heteroatoms. The van der Waals surface area contributed by atoms with E-state index in [-0.39, 0.29) is 12.1 Å². The molecule has 8 nitrogen and oxygen atoms in total. The van der Waals surface area contributed by atoms with Gasteiger partial charge < -0.3 is 9.84 Å². The minimum Gasteiger partial charge on any atom is -0.345 e. The van der Waals surface area contributed by atoms with Gasteiger partial charge in [0, 0.05) is 6.20 Å². The number of nitrogens with one attached hydrogen (secondary N) is 1. The van der Waals surface area contributed by atoms with E-state index in [0.717, 1.165) is 0 Å². The van der Waals surface area contributed by atoms with Crippen LogP contribution in [-0.2, 0) is 6.54 Å². The fourth-order valence-electron chi connectivity index (χ4n) is 2.56. The van der Waals surface area contributed by atoms with Crippen LogP contribution in [0.25, 0.3) is 17.1 Å². The quantitative estimate of drug-likeness (QED) is 0.604. The summed E-state index contributed by atoms with van der Waals surface area (Å²) in [4.78, 5) is 16.3. The average Bonchev–Trinajstić information content (AvgIpc) is 3.26. The van der Waals surface area contributed by atoms with Crippen LogP contribution in [0.4, 0.5) is 4.39 Å². The maximum absolute atomic E-state index is 13.7. The summed E-state index contributed by atoms with van der Waals surface area (Å²) < 4.78 is 20.6. The van der Waals surface area contributed by atoms with Crippen molar-refractivity contribution in [3.63, 3.8) is 0 Å². The van der Waals surface area contributed by atoms with E-state index in [1.807, 2.05) is 0 Å². The van der Waals surface area contributed by atoms with Crippen molar-refractivity contribution in [2.24, 2.45) is 0 Å². The number of hydrogen-bond donors (Lipinski definition) is 1. The summed E-state index contributed by atoms with van der Waals surface area (Å²) in [7, 11) is 0. The van der Waals surface area contributed by atoms with E-state index in [1.54, 1.807) is 35.7 Å². The standard InChI is InChI=1S/C17H13FN6O2/c1-10-20-17(26-23-10)12-6-4-8-24-14(21-22-15(12)24)9-19-16(25)11-5-2-3-7-13(11)18/h2-8H,9H2,1H3,(H,19,25). The number of carbonyl (C=O) groups is 1. The molecule has 4 aromatic rings. The molecule has 4 rings (SSSR count). The highest BCUT2D eigenvalue weighted by Gasteiger charge is 2.16. The number of amides is 1. The predicted octanol–water partition coefficient (Wildman–Crippen LogP) is 2.16. The summed E-state index contributed by atoms with van der Waals surface area (Å²) in [6, 6.07) is 9.36. The molecule has 0 aliphatic rings. The lowest BCUT2D eigenvalue weighted by atomic mass is 10.2. The Morgan fingerprint density at radius 2 is 2.08 bits per heavy atom. The van der Waals surface area contributed by atoms with E-state index in [2.05, 4.69) is 25.7 Å². The number of carbonyl (C=O) groups excluding carboxylic acids is 1. The number of fused-ring (bicyclic) bond motifs is 1. The summed E-state index contributed by atoms with van der Waals surface area (Å²) in [6.07, 6.45) is 1.76. The Morgan fingerprint density at radius 3 is 2.85 bits per heavy atom. The molecule has 1 N–H and O–H groups in total. The third kappa shape index (κ3) is 2.79. The number of halogens is 1. The smallest absolute Gasteiger partial charge is 0.261 e. The first-order valence-electron chi connectivity index (χ1n) is 7.79. The van der Waals surface area contributed by atoms with Crippen LogP contribution in [0.2, 0.25) is 0 Å². The minimum atomic E-state index is -0.579. The van der Waals surface area contributed by atoms with Gasteiger partial charge in [-0.25, -0.2) is 4.39 Å². The van der Waals surface area contributed by atoms with Gasteiger partial charge in [-0.2, -0.15) is 4.98 Å². The molecule has 1 amide bonds. The van der Waals surface area contributed by atoms with Gasteiger partial charge in [0.1, 0.15) is 5.82 Å². The van der Waals surface area contributed by atoms with Gasteiger partial charge in [-0.15, -0.1) is 10.2 Å². The Labute approximate surface area is 146 Å². The predicted molar refractivity (Wildman–Crippen MR) is 88.6 cm³/mol. The second-order valence-electron chi connectivity index (χ2n) is 5.54. The highest BCUT2D eigenvalue weighted by Crippen LogP contribution is 2.22. The van der Waals surface area contributed by atoms with E-state index < -0.39 is 11.7 Å². The topological polar surface area (TPSA) is 98.2 Å².